The molecule has 0 aliphatic rings. The number of carbonyl (C=O) groups excluding carboxylic acids is 1. The highest BCUT2D eigenvalue weighted by Crippen LogP contribution is 2.22. The molecule has 3 aromatic carbocycles. The average molecular weight is 473 g/mol. The lowest BCUT2D eigenvalue weighted by atomic mass is 9.96. The molecule has 0 aliphatic heterocycles. The van der Waals surface area contributed by atoms with Crippen LogP contribution in [-0.4, -0.2) is 29.6 Å². The Bertz CT molecular complexity index is 1090. The highest BCUT2D eigenvalue weighted by atomic mass is 16.4. The second kappa shape index (κ2) is 12.7. The average Bonchev–Trinajstić information content (AvgIpc) is 2.83. The minimum atomic E-state index is -0.929. The molecule has 0 saturated carbocycles. The standard InChI is InChI=1S/C30H36N2O3/c1-21(2)4-15-28(20-23-7-11-25(12-8-23)24-9-5-22(3)6-10-24)32-27-16-13-26(14-17-27)30(35)31-19-18-29(33)34/h5-14,16-17,21,28,32H,4,15,18-20H2,1-3H3,(H,31,35)(H,33,34)/t28-/m0/s1. The van der Waals surface area contributed by atoms with E-state index in [0.29, 0.717) is 11.5 Å². The number of hydrogen-bond acceptors (Lipinski definition) is 3. The van der Waals surface area contributed by atoms with Crippen LogP contribution in [-0.2, 0) is 11.2 Å². The number of benzene rings is 3. The van der Waals surface area contributed by atoms with Gasteiger partial charge in [-0.2, -0.15) is 0 Å². The van der Waals surface area contributed by atoms with Gasteiger partial charge in [-0.15, -0.1) is 0 Å². The Morgan fingerprint density at radius 2 is 1.43 bits per heavy atom. The molecule has 0 fully saturated rings. The van der Waals surface area contributed by atoms with Crippen LogP contribution < -0.4 is 10.6 Å². The summed E-state index contributed by atoms with van der Waals surface area (Å²) in [4.78, 5) is 22.8. The zero-order valence-corrected chi connectivity index (χ0v) is 20.9. The van der Waals surface area contributed by atoms with E-state index in [-0.39, 0.29) is 24.9 Å². The molecule has 0 aliphatic carbocycles. The van der Waals surface area contributed by atoms with Gasteiger partial charge in [0, 0.05) is 23.8 Å². The van der Waals surface area contributed by atoms with Gasteiger partial charge in [0.05, 0.1) is 6.42 Å². The Labute approximate surface area is 208 Å². The first-order valence-corrected chi connectivity index (χ1v) is 12.3. The SMILES string of the molecule is Cc1ccc(-c2ccc(C[C@H](CCC(C)C)Nc3ccc(C(=O)NCCC(=O)O)cc3)cc2)cc1. The summed E-state index contributed by atoms with van der Waals surface area (Å²) in [5.41, 5.74) is 6.48. The predicted molar refractivity (Wildman–Crippen MR) is 143 cm³/mol. The van der Waals surface area contributed by atoms with E-state index in [4.69, 9.17) is 5.11 Å². The van der Waals surface area contributed by atoms with Gasteiger partial charge >= 0.3 is 5.97 Å². The van der Waals surface area contributed by atoms with Crippen LogP contribution in [0, 0.1) is 12.8 Å². The van der Waals surface area contributed by atoms with Crippen molar-refractivity contribution >= 4 is 17.6 Å². The quantitative estimate of drug-likeness (QED) is 0.288. The number of carboxylic acids is 1. The number of carbonyl (C=O) groups is 2. The topological polar surface area (TPSA) is 78.4 Å². The monoisotopic (exact) mass is 472 g/mol. The van der Waals surface area contributed by atoms with Crippen LogP contribution in [0.3, 0.4) is 0 Å². The van der Waals surface area contributed by atoms with Gasteiger partial charge in [-0.1, -0.05) is 67.9 Å². The van der Waals surface area contributed by atoms with Crippen LogP contribution in [0.4, 0.5) is 5.69 Å². The first-order chi connectivity index (χ1) is 16.8. The smallest absolute Gasteiger partial charge is 0.305 e. The fourth-order valence-electron chi connectivity index (χ4n) is 3.96. The van der Waals surface area contributed by atoms with Gasteiger partial charge in [-0.3, -0.25) is 9.59 Å². The van der Waals surface area contributed by atoms with Gasteiger partial charge in [-0.05, 0) is 73.1 Å². The first-order valence-electron chi connectivity index (χ1n) is 12.3. The highest BCUT2D eigenvalue weighted by Gasteiger charge is 2.12. The van der Waals surface area contributed by atoms with Crippen molar-refractivity contribution in [1.82, 2.24) is 5.32 Å². The molecule has 1 atom stereocenters. The van der Waals surface area contributed by atoms with Gasteiger partial charge in [0.2, 0.25) is 0 Å². The van der Waals surface area contributed by atoms with Crippen molar-refractivity contribution in [3.05, 3.63) is 89.5 Å². The third kappa shape index (κ3) is 8.60. The number of anilines is 1. The van der Waals surface area contributed by atoms with Gasteiger partial charge in [0.15, 0.2) is 0 Å². The molecule has 0 heterocycles. The van der Waals surface area contributed by atoms with Crippen LogP contribution in [0.2, 0.25) is 0 Å². The van der Waals surface area contributed by atoms with Crippen LogP contribution in [0.5, 0.6) is 0 Å². The molecule has 0 unspecified atom stereocenters. The second-order valence-corrected chi connectivity index (χ2v) is 9.56. The fourth-order valence-corrected chi connectivity index (χ4v) is 3.96. The van der Waals surface area contributed by atoms with E-state index >= 15 is 0 Å². The molecule has 3 aromatic rings. The summed E-state index contributed by atoms with van der Waals surface area (Å²) in [6.45, 7) is 6.70. The Hall–Kier alpha value is -3.60. The molecule has 5 heteroatoms. The predicted octanol–water partition coefficient (Wildman–Crippen LogP) is 6.33. The molecule has 5 nitrogen and oxygen atoms in total. The van der Waals surface area contributed by atoms with E-state index in [1.807, 2.05) is 12.1 Å². The maximum atomic E-state index is 12.2. The van der Waals surface area contributed by atoms with Crippen molar-refractivity contribution in [2.24, 2.45) is 5.92 Å². The van der Waals surface area contributed by atoms with E-state index in [0.717, 1.165) is 24.9 Å². The summed E-state index contributed by atoms with van der Waals surface area (Å²) < 4.78 is 0. The fraction of sp³-hybridized carbons (Fsp3) is 0.333. The van der Waals surface area contributed by atoms with Gasteiger partial charge in [0.25, 0.3) is 5.91 Å². The van der Waals surface area contributed by atoms with E-state index < -0.39 is 5.97 Å². The summed E-state index contributed by atoms with van der Waals surface area (Å²) >= 11 is 0. The molecule has 0 bridgehead atoms. The Kier molecular flexibility index (Phi) is 9.47. The normalized spacial score (nSPS) is 11.8. The zero-order valence-electron chi connectivity index (χ0n) is 20.9. The van der Waals surface area contributed by atoms with Crippen molar-refractivity contribution < 1.29 is 14.7 Å². The third-order valence-electron chi connectivity index (χ3n) is 6.06. The zero-order chi connectivity index (χ0) is 25.2. The van der Waals surface area contributed by atoms with Crippen molar-refractivity contribution in [1.29, 1.82) is 0 Å². The van der Waals surface area contributed by atoms with Gasteiger partial charge in [0.1, 0.15) is 0 Å². The van der Waals surface area contributed by atoms with E-state index in [1.54, 1.807) is 12.1 Å². The molecular formula is C30H36N2O3. The van der Waals surface area contributed by atoms with Crippen LogP contribution in [0.15, 0.2) is 72.8 Å². The molecule has 0 saturated heterocycles. The highest BCUT2D eigenvalue weighted by molar-refractivity contribution is 5.94. The lowest BCUT2D eigenvalue weighted by Crippen LogP contribution is -2.26. The minimum Gasteiger partial charge on any atom is -0.481 e. The number of amides is 1. The first kappa shape index (κ1) is 26.0. The van der Waals surface area contributed by atoms with E-state index in [2.05, 4.69) is 79.9 Å². The van der Waals surface area contributed by atoms with Crippen molar-refractivity contribution in [3.8, 4) is 11.1 Å². The van der Waals surface area contributed by atoms with Gasteiger partial charge in [-0.25, -0.2) is 0 Å². The van der Waals surface area contributed by atoms with Crippen LogP contribution in [0.25, 0.3) is 11.1 Å². The van der Waals surface area contributed by atoms with Crippen molar-refractivity contribution in [2.45, 2.75) is 52.5 Å². The van der Waals surface area contributed by atoms with Crippen LogP contribution in [0.1, 0.15) is 54.6 Å². The van der Waals surface area contributed by atoms with Crippen LogP contribution >= 0.6 is 0 Å². The lowest BCUT2D eigenvalue weighted by molar-refractivity contribution is -0.136. The third-order valence-corrected chi connectivity index (χ3v) is 6.06. The lowest BCUT2D eigenvalue weighted by Gasteiger charge is -2.21. The summed E-state index contributed by atoms with van der Waals surface area (Å²) in [6.07, 6.45) is 3.01. The molecule has 0 radical (unpaired) electrons. The maximum absolute atomic E-state index is 12.2. The molecule has 0 spiro atoms. The minimum absolute atomic E-state index is 0.0884. The molecule has 1 amide bonds. The number of aliphatic carboxylic acids is 1. The largest absolute Gasteiger partial charge is 0.481 e. The molecule has 184 valence electrons. The Balaban J connectivity index is 1.63. The summed E-state index contributed by atoms with van der Waals surface area (Å²) in [5.74, 6) is -0.565. The number of aryl methyl sites for hydroxylation is 1. The molecule has 3 rings (SSSR count). The van der Waals surface area contributed by atoms with Gasteiger partial charge < -0.3 is 15.7 Å². The number of carboxylic acid groups (broad SMARTS) is 1. The summed E-state index contributed by atoms with van der Waals surface area (Å²) in [5, 5.41) is 15.0. The number of hydrogen-bond donors (Lipinski definition) is 3. The Morgan fingerprint density at radius 3 is 2.00 bits per heavy atom. The Morgan fingerprint density at radius 1 is 0.829 bits per heavy atom. The second-order valence-electron chi connectivity index (χ2n) is 9.56. The van der Waals surface area contributed by atoms with Crippen molar-refractivity contribution in [2.75, 3.05) is 11.9 Å². The molecule has 0 aromatic heterocycles. The number of nitrogens with one attached hydrogen (secondary N) is 2. The number of rotatable bonds is 12. The molecule has 3 N–H and O–H groups in total. The van der Waals surface area contributed by atoms with E-state index in [1.165, 1.54) is 22.3 Å². The van der Waals surface area contributed by atoms with E-state index in [9.17, 15) is 9.59 Å². The summed E-state index contributed by atoms with van der Waals surface area (Å²) in [7, 11) is 0. The molecular weight excluding hydrogens is 436 g/mol. The maximum Gasteiger partial charge on any atom is 0.305 e. The van der Waals surface area contributed by atoms with Crippen molar-refractivity contribution in [3.63, 3.8) is 0 Å². The molecule has 35 heavy (non-hydrogen) atoms. The summed E-state index contributed by atoms with van der Waals surface area (Å²) in [6, 6.07) is 25.0.